The van der Waals surface area contributed by atoms with Crippen LogP contribution in [0.1, 0.15) is 13.3 Å². The molecular formula is C14H14N4O3. The van der Waals surface area contributed by atoms with Crippen molar-refractivity contribution in [3.63, 3.8) is 0 Å². The smallest absolute Gasteiger partial charge is 0.231 e. The molecule has 0 spiro atoms. The minimum absolute atomic E-state index is 0.0965. The van der Waals surface area contributed by atoms with Crippen molar-refractivity contribution >= 4 is 23.2 Å². The molecule has 0 radical (unpaired) electrons. The summed E-state index contributed by atoms with van der Waals surface area (Å²) in [6, 6.07) is 8.95. The molecule has 3 rings (SSSR count). The Balaban J connectivity index is 1.69. The third-order valence-corrected chi connectivity index (χ3v) is 2.90. The standard InChI is InChI=1S/C14H14N4O3/c1-2-14(19)16-13-6-5-12(17-18-13)15-9-3-4-10-11(7-9)21-8-20-10/h3-7H,2,8H2,1H3,(H,15,17)(H,16,18,19). The zero-order valence-corrected chi connectivity index (χ0v) is 11.4. The lowest BCUT2D eigenvalue weighted by Gasteiger charge is -2.07. The van der Waals surface area contributed by atoms with Crippen LogP contribution in [0.2, 0.25) is 0 Å². The van der Waals surface area contributed by atoms with Gasteiger partial charge in [0.25, 0.3) is 0 Å². The number of fused-ring (bicyclic) bond motifs is 1. The third-order valence-electron chi connectivity index (χ3n) is 2.90. The van der Waals surface area contributed by atoms with E-state index in [9.17, 15) is 4.79 Å². The second-order valence-corrected chi connectivity index (χ2v) is 4.40. The summed E-state index contributed by atoms with van der Waals surface area (Å²) in [5.74, 6) is 2.33. The highest BCUT2D eigenvalue weighted by molar-refractivity contribution is 5.89. The van der Waals surface area contributed by atoms with E-state index in [2.05, 4.69) is 20.8 Å². The molecule has 1 aliphatic heterocycles. The van der Waals surface area contributed by atoms with Crippen molar-refractivity contribution in [2.24, 2.45) is 0 Å². The van der Waals surface area contributed by atoms with Crippen LogP contribution < -0.4 is 20.1 Å². The summed E-state index contributed by atoms with van der Waals surface area (Å²) in [4.78, 5) is 11.2. The van der Waals surface area contributed by atoms with Crippen LogP contribution in [-0.2, 0) is 4.79 Å². The average molecular weight is 286 g/mol. The number of carbonyl (C=O) groups is 1. The van der Waals surface area contributed by atoms with E-state index in [1.807, 2.05) is 18.2 Å². The van der Waals surface area contributed by atoms with Gasteiger partial charge in [0.15, 0.2) is 23.1 Å². The fourth-order valence-electron chi connectivity index (χ4n) is 1.82. The minimum atomic E-state index is -0.0965. The molecule has 1 aliphatic rings. The molecule has 2 aromatic rings. The third kappa shape index (κ3) is 3.02. The summed E-state index contributed by atoms with van der Waals surface area (Å²) < 4.78 is 10.6. The van der Waals surface area contributed by atoms with E-state index in [1.54, 1.807) is 19.1 Å². The Morgan fingerprint density at radius 1 is 1.14 bits per heavy atom. The number of nitrogens with zero attached hydrogens (tertiary/aromatic N) is 2. The number of nitrogens with one attached hydrogen (secondary N) is 2. The predicted molar refractivity (Wildman–Crippen MR) is 76.8 cm³/mol. The molecule has 2 heterocycles. The van der Waals surface area contributed by atoms with Crippen LogP contribution in [-0.4, -0.2) is 22.9 Å². The van der Waals surface area contributed by atoms with Crippen molar-refractivity contribution in [1.29, 1.82) is 0 Å². The van der Waals surface area contributed by atoms with Crippen LogP contribution >= 0.6 is 0 Å². The first-order valence-electron chi connectivity index (χ1n) is 6.55. The summed E-state index contributed by atoms with van der Waals surface area (Å²) >= 11 is 0. The Morgan fingerprint density at radius 2 is 1.90 bits per heavy atom. The fraction of sp³-hybridized carbons (Fsp3) is 0.214. The highest BCUT2D eigenvalue weighted by Gasteiger charge is 2.13. The van der Waals surface area contributed by atoms with Crippen molar-refractivity contribution in [3.8, 4) is 11.5 Å². The lowest BCUT2D eigenvalue weighted by molar-refractivity contribution is -0.115. The summed E-state index contributed by atoms with van der Waals surface area (Å²) in [7, 11) is 0. The van der Waals surface area contributed by atoms with Gasteiger partial charge in [0.1, 0.15) is 0 Å². The lowest BCUT2D eigenvalue weighted by Crippen LogP contribution is -2.11. The second-order valence-electron chi connectivity index (χ2n) is 4.40. The van der Waals surface area contributed by atoms with E-state index in [1.165, 1.54) is 0 Å². The zero-order valence-electron chi connectivity index (χ0n) is 11.4. The zero-order chi connectivity index (χ0) is 14.7. The quantitative estimate of drug-likeness (QED) is 0.897. The molecular weight excluding hydrogens is 272 g/mol. The van der Waals surface area contributed by atoms with E-state index in [0.29, 0.717) is 23.8 Å². The second kappa shape index (κ2) is 5.66. The summed E-state index contributed by atoms with van der Waals surface area (Å²) in [6.07, 6.45) is 0.402. The highest BCUT2D eigenvalue weighted by atomic mass is 16.7. The topological polar surface area (TPSA) is 85.4 Å². The largest absolute Gasteiger partial charge is 0.454 e. The van der Waals surface area contributed by atoms with Gasteiger partial charge in [-0.05, 0) is 24.3 Å². The van der Waals surface area contributed by atoms with Gasteiger partial charge >= 0.3 is 0 Å². The first kappa shape index (κ1) is 13.2. The molecule has 21 heavy (non-hydrogen) atoms. The summed E-state index contributed by atoms with van der Waals surface area (Å²) in [5.41, 5.74) is 0.818. The number of rotatable bonds is 4. The van der Waals surface area contributed by atoms with Crippen LogP contribution in [0.15, 0.2) is 30.3 Å². The predicted octanol–water partition coefficient (Wildman–Crippen LogP) is 2.30. The minimum Gasteiger partial charge on any atom is -0.454 e. The van der Waals surface area contributed by atoms with Gasteiger partial charge in [-0.1, -0.05) is 6.92 Å². The van der Waals surface area contributed by atoms with E-state index in [4.69, 9.17) is 9.47 Å². The monoisotopic (exact) mass is 286 g/mol. The maximum atomic E-state index is 11.2. The molecule has 1 aromatic carbocycles. The SMILES string of the molecule is CCC(=O)Nc1ccc(Nc2ccc3c(c2)OCO3)nn1. The van der Waals surface area contributed by atoms with Crippen LogP contribution in [0.25, 0.3) is 0 Å². The van der Waals surface area contributed by atoms with Gasteiger partial charge in [0, 0.05) is 18.2 Å². The fourth-order valence-corrected chi connectivity index (χ4v) is 1.82. The summed E-state index contributed by atoms with van der Waals surface area (Å²) in [5, 5.41) is 13.7. The molecule has 108 valence electrons. The Labute approximate surface area is 121 Å². The van der Waals surface area contributed by atoms with E-state index >= 15 is 0 Å². The van der Waals surface area contributed by atoms with E-state index < -0.39 is 0 Å². The van der Waals surface area contributed by atoms with E-state index in [-0.39, 0.29) is 12.7 Å². The lowest BCUT2D eigenvalue weighted by atomic mass is 10.3. The van der Waals surface area contributed by atoms with Crippen LogP contribution in [0.5, 0.6) is 11.5 Å². The van der Waals surface area contributed by atoms with Crippen LogP contribution in [0.3, 0.4) is 0 Å². The van der Waals surface area contributed by atoms with Crippen molar-refractivity contribution in [1.82, 2.24) is 10.2 Å². The van der Waals surface area contributed by atoms with Crippen LogP contribution in [0, 0.1) is 0 Å². The number of carbonyl (C=O) groups excluding carboxylic acids is 1. The maximum absolute atomic E-state index is 11.2. The molecule has 2 N–H and O–H groups in total. The van der Waals surface area contributed by atoms with Crippen molar-refractivity contribution in [2.75, 3.05) is 17.4 Å². The molecule has 7 heteroatoms. The van der Waals surface area contributed by atoms with Gasteiger partial charge in [-0.3, -0.25) is 4.79 Å². The van der Waals surface area contributed by atoms with E-state index in [0.717, 1.165) is 11.4 Å². The van der Waals surface area contributed by atoms with Gasteiger partial charge in [-0.25, -0.2) is 0 Å². The number of anilines is 3. The first-order valence-corrected chi connectivity index (χ1v) is 6.55. The Kier molecular flexibility index (Phi) is 3.55. The van der Waals surface area contributed by atoms with Crippen molar-refractivity contribution < 1.29 is 14.3 Å². The van der Waals surface area contributed by atoms with Crippen LogP contribution in [0.4, 0.5) is 17.3 Å². The highest BCUT2D eigenvalue weighted by Crippen LogP contribution is 2.34. The Hall–Kier alpha value is -2.83. The molecule has 0 unspecified atom stereocenters. The molecule has 0 saturated heterocycles. The molecule has 0 fully saturated rings. The molecule has 1 amide bonds. The van der Waals surface area contributed by atoms with Gasteiger partial charge < -0.3 is 20.1 Å². The molecule has 0 aliphatic carbocycles. The molecule has 1 aromatic heterocycles. The summed E-state index contributed by atoms with van der Waals surface area (Å²) in [6.45, 7) is 2.02. The Bertz CT molecular complexity index is 658. The molecule has 0 atom stereocenters. The van der Waals surface area contributed by atoms with Gasteiger partial charge in [-0.2, -0.15) is 0 Å². The number of hydrogen-bond donors (Lipinski definition) is 2. The number of aromatic nitrogens is 2. The number of hydrogen-bond acceptors (Lipinski definition) is 6. The first-order chi connectivity index (χ1) is 10.2. The molecule has 0 bridgehead atoms. The molecule has 7 nitrogen and oxygen atoms in total. The van der Waals surface area contributed by atoms with Gasteiger partial charge in [0.05, 0.1) is 0 Å². The van der Waals surface area contributed by atoms with Crippen molar-refractivity contribution in [3.05, 3.63) is 30.3 Å². The number of ether oxygens (including phenoxy) is 2. The number of amides is 1. The van der Waals surface area contributed by atoms with Gasteiger partial charge in [-0.15, -0.1) is 10.2 Å². The normalized spacial score (nSPS) is 12.0. The molecule has 0 saturated carbocycles. The van der Waals surface area contributed by atoms with Crippen molar-refractivity contribution in [2.45, 2.75) is 13.3 Å². The maximum Gasteiger partial charge on any atom is 0.231 e. The Morgan fingerprint density at radius 3 is 2.67 bits per heavy atom. The number of benzene rings is 1. The average Bonchev–Trinajstić information content (AvgIpc) is 2.96. The van der Waals surface area contributed by atoms with Gasteiger partial charge in [0.2, 0.25) is 12.7 Å².